The van der Waals surface area contributed by atoms with Crippen LogP contribution < -0.4 is 5.32 Å². The summed E-state index contributed by atoms with van der Waals surface area (Å²) in [5.74, 6) is -1.11. The zero-order valence-electron chi connectivity index (χ0n) is 11.3. The maximum atomic E-state index is 13.9. The van der Waals surface area contributed by atoms with Gasteiger partial charge in [0.15, 0.2) is 5.82 Å². The fourth-order valence-corrected chi connectivity index (χ4v) is 2.95. The maximum Gasteiger partial charge on any atom is 0.152 e. The van der Waals surface area contributed by atoms with E-state index in [-0.39, 0.29) is 11.7 Å². The first-order valence-corrected chi connectivity index (χ1v) is 6.87. The molecule has 0 saturated carbocycles. The molecule has 2 rings (SSSR count). The van der Waals surface area contributed by atoms with Crippen LogP contribution in [0.2, 0.25) is 0 Å². The first-order chi connectivity index (χ1) is 8.90. The quantitative estimate of drug-likeness (QED) is 0.895. The molecule has 2 nitrogen and oxygen atoms in total. The number of benzene rings is 1. The maximum absolute atomic E-state index is 13.9. The number of thiazole rings is 1. The highest BCUT2D eigenvalue weighted by molar-refractivity contribution is 7.11. The molecule has 0 fully saturated rings. The second-order valence-corrected chi connectivity index (χ2v) is 5.84. The summed E-state index contributed by atoms with van der Waals surface area (Å²) in [5, 5.41) is 3.86. The number of halogens is 2. The van der Waals surface area contributed by atoms with Crippen molar-refractivity contribution in [2.24, 2.45) is 0 Å². The van der Waals surface area contributed by atoms with Crippen molar-refractivity contribution in [1.29, 1.82) is 0 Å². The van der Waals surface area contributed by atoms with Crippen LogP contribution in [0.1, 0.15) is 34.1 Å². The van der Waals surface area contributed by atoms with E-state index in [4.69, 9.17) is 0 Å². The molecule has 0 saturated heterocycles. The Balaban J connectivity index is 2.31. The third kappa shape index (κ3) is 2.76. The monoisotopic (exact) mass is 282 g/mol. The third-order valence-electron chi connectivity index (χ3n) is 2.98. The van der Waals surface area contributed by atoms with Gasteiger partial charge in [0.25, 0.3) is 0 Å². The number of aromatic nitrogens is 1. The topological polar surface area (TPSA) is 24.9 Å². The van der Waals surface area contributed by atoms with Crippen molar-refractivity contribution in [3.8, 4) is 0 Å². The van der Waals surface area contributed by atoms with E-state index in [1.54, 1.807) is 6.92 Å². The molecule has 1 N–H and O–H groups in total. The zero-order chi connectivity index (χ0) is 14.2. The lowest BCUT2D eigenvalue weighted by Gasteiger charge is -2.16. The molecule has 1 unspecified atom stereocenters. The zero-order valence-corrected chi connectivity index (χ0v) is 12.2. The Kier molecular flexibility index (Phi) is 3.85. The molecule has 1 atom stereocenters. The minimum Gasteiger partial charge on any atom is -0.373 e. The van der Waals surface area contributed by atoms with Crippen LogP contribution in [0.5, 0.6) is 0 Å². The predicted molar refractivity (Wildman–Crippen MR) is 74.7 cm³/mol. The van der Waals surface area contributed by atoms with E-state index in [1.807, 2.05) is 20.8 Å². The summed E-state index contributed by atoms with van der Waals surface area (Å²) in [6.07, 6.45) is 0. The van der Waals surface area contributed by atoms with Gasteiger partial charge in [0.05, 0.1) is 16.7 Å². The fraction of sp³-hybridized carbons (Fsp3) is 0.357. The van der Waals surface area contributed by atoms with Gasteiger partial charge in [-0.05, 0) is 39.3 Å². The normalized spacial score (nSPS) is 12.5. The summed E-state index contributed by atoms with van der Waals surface area (Å²) in [7, 11) is 0. The smallest absolute Gasteiger partial charge is 0.152 e. The van der Waals surface area contributed by atoms with E-state index in [0.717, 1.165) is 15.6 Å². The van der Waals surface area contributed by atoms with Crippen LogP contribution in [0.3, 0.4) is 0 Å². The minimum atomic E-state index is -0.575. The molecule has 5 heteroatoms. The van der Waals surface area contributed by atoms with Crippen LogP contribution in [0.25, 0.3) is 0 Å². The molecule has 1 aromatic heterocycles. The third-order valence-corrected chi connectivity index (χ3v) is 4.23. The standard InChI is InChI=1S/C14H16F2N2S/c1-7-5-6-11(15)13(12(7)16)18-9(3)14-8(2)17-10(4)19-14/h5-6,9,18H,1-4H3. The van der Waals surface area contributed by atoms with Crippen molar-refractivity contribution in [1.82, 2.24) is 4.98 Å². The molecule has 102 valence electrons. The number of anilines is 1. The molecular formula is C14H16F2N2S. The van der Waals surface area contributed by atoms with Gasteiger partial charge in [0, 0.05) is 4.88 Å². The Morgan fingerprint density at radius 2 is 1.89 bits per heavy atom. The number of rotatable bonds is 3. The molecular weight excluding hydrogens is 266 g/mol. The lowest BCUT2D eigenvalue weighted by molar-refractivity contribution is 0.579. The number of hydrogen-bond donors (Lipinski definition) is 1. The minimum absolute atomic E-state index is 0.0713. The van der Waals surface area contributed by atoms with E-state index in [0.29, 0.717) is 5.56 Å². The predicted octanol–water partition coefficient (Wildman–Crippen LogP) is 4.52. The van der Waals surface area contributed by atoms with Crippen LogP contribution in [-0.2, 0) is 0 Å². The van der Waals surface area contributed by atoms with Gasteiger partial charge in [-0.25, -0.2) is 13.8 Å². The van der Waals surface area contributed by atoms with Crippen molar-refractivity contribution >= 4 is 17.0 Å². The Morgan fingerprint density at radius 1 is 1.21 bits per heavy atom. The second-order valence-electron chi connectivity index (χ2n) is 4.60. The van der Waals surface area contributed by atoms with Gasteiger partial charge in [-0.3, -0.25) is 0 Å². The van der Waals surface area contributed by atoms with Gasteiger partial charge in [-0.15, -0.1) is 11.3 Å². The van der Waals surface area contributed by atoms with Crippen LogP contribution in [0.4, 0.5) is 14.5 Å². The van der Waals surface area contributed by atoms with Crippen LogP contribution in [0, 0.1) is 32.4 Å². The number of nitrogens with one attached hydrogen (secondary N) is 1. The average molecular weight is 282 g/mol. The Bertz CT molecular complexity index is 608. The van der Waals surface area contributed by atoms with Gasteiger partial charge in [0.2, 0.25) is 0 Å². The van der Waals surface area contributed by atoms with Crippen LogP contribution in [0.15, 0.2) is 12.1 Å². The van der Waals surface area contributed by atoms with Crippen molar-refractivity contribution in [2.75, 3.05) is 5.32 Å². The highest BCUT2D eigenvalue weighted by atomic mass is 32.1. The highest BCUT2D eigenvalue weighted by Crippen LogP contribution is 2.30. The lowest BCUT2D eigenvalue weighted by Crippen LogP contribution is -2.10. The summed E-state index contributed by atoms with van der Waals surface area (Å²) in [5.41, 5.74) is 1.25. The first-order valence-electron chi connectivity index (χ1n) is 6.05. The molecule has 19 heavy (non-hydrogen) atoms. The Morgan fingerprint density at radius 3 is 2.47 bits per heavy atom. The molecule has 0 bridgehead atoms. The first kappa shape index (κ1) is 13.9. The Hall–Kier alpha value is -1.49. The molecule has 0 spiro atoms. The van der Waals surface area contributed by atoms with E-state index < -0.39 is 11.6 Å². The Labute approximate surface area is 115 Å². The molecule has 0 aliphatic rings. The summed E-state index contributed by atoms with van der Waals surface area (Å²) in [6, 6.07) is 2.53. The molecule has 1 aromatic carbocycles. The van der Waals surface area contributed by atoms with Crippen molar-refractivity contribution in [2.45, 2.75) is 33.7 Å². The van der Waals surface area contributed by atoms with Crippen LogP contribution in [-0.4, -0.2) is 4.98 Å². The molecule has 2 aromatic rings. The van der Waals surface area contributed by atoms with Gasteiger partial charge in [-0.1, -0.05) is 6.07 Å². The van der Waals surface area contributed by atoms with Gasteiger partial charge in [0.1, 0.15) is 11.5 Å². The SMILES string of the molecule is Cc1nc(C)c(C(C)Nc2c(F)ccc(C)c2F)s1. The summed E-state index contributed by atoms with van der Waals surface area (Å²) < 4.78 is 27.6. The van der Waals surface area contributed by atoms with Crippen LogP contribution >= 0.6 is 11.3 Å². The molecule has 1 heterocycles. The highest BCUT2D eigenvalue weighted by Gasteiger charge is 2.17. The fourth-order valence-electron chi connectivity index (χ4n) is 2.02. The van der Waals surface area contributed by atoms with Crippen molar-refractivity contribution < 1.29 is 8.78 Å². The van der Waals surface area contributed by atoms with E-state index >= 15 is 0 Å². The number of aryl methyl sites for hydroxylation is 3. The van der Waals surface area contributed by atoms with Crippen molar-refractivity contribution in [3.63, 3.8) is 0 Å². The average Bonchev–Trinajstić information content (AvgIpc) is 2.69. The van der Waals surface area contributed by atoms with E-state index in [1.165, 1.54) is 23.5 Å². The molecule has 0 amide bonds. The van der Waals surface area contributed by atoms with Gasteiger partial charge < -0.3 is 5.32 Å². The van der Waals surface area contributed by atoms with E-state index in [9.17, 15) is 8.78 Å². The number of nitrogens with zero attached hydrogens (tertiary/aromatic N) is 1. The lowest BCUT2D eigenvalue weighted by atomic mass is 10.1. The number of hydrogen-bond acceptors (Lipinski definition) is 3. The molecule has 0 aliphatic carbocycles. The van der Waals surface area contributed by atoms with Crippen molar-refractivity contribution in [3.05, 3.63) is 44.9 Å². The summed E-state index contributed by atoms with van der Waals surface area (Å²) in [6.45, 7) is 7.32. The largest absolute Gasteiger partial charge is 0.373 e. The van der Waals surface area contributed by atoms with E-state index in [2.05, 4.69) is 10.3 Å². The molecule has 0 aliphatic heterocycles. The van der Waals surface area contributed by atoms with Gasteiger partial charge >= 0.3 is 0 Å². The molecule has 0 radical (unpaired) electrons. The second kappa shape index (κ2) is 5.25. The summed E-state index contributed by atoms with van der Waals surface area (Å²) >= 11 is 1.54. The van der Waals surface area contributed by atoms with Gasteiger partial charge in [-0.2, -0.15) is 0 Å². The summed E-state index contributed by atoms with van der Waals surface area (Å²) in [4.78, 5) is 5.33.